The van der Waals surface area contributed by atoms with Crippen molar-refractivity contribution >= 4 is 0 Å². The Morgan fingerprint density at radius 3 is 2.24 bits per heavy atom. The topological polar surface area (TPSA) is 56.5 Å². The third kappa shape index (κ3) is 3.74. The average molecular weight is 286 g/mol. The van der Waals surface area contributed by atoms with E-state index in [4.69, 9.17) is 15.3 Å². The van der Waals surface area contributed by atoms with Crippen molar-refractivity contribution in [2.24, 2.45) is 5.84 Å². The van der Waals surface area contributed by atoms with E-state index in [2.05, 4.69) is 36.6 Å². The Labute approximate surface area is 125 Å². The number of ether oxygens (including phenoxy) is 2. The molecule has 0 radical (unpaired) electrons. The second-order valence-corrected chi connectivity index (χ2v) is 5.02. The summed E-state index contributed by atoms with van der Waals surface area (Å²) in [5, 5.41) is 0. The highest BCUT2D eigenvalue weighted by Gasteiger charge is 2.13. The fourth-order valence-electron chi connectivity index (χ4n) is 2.30. The Morgan fingerprint density at radius 1 is 1.00 bits per heavy atom. The number of hydrogen-bond donors (Lipinski definition) is 2. The molecule has 0 spiro atoms. The molecule has 4 heteroatoms. The molecule has 0 aliphatic carbocycles. The van der Waals surface area contributed by atoms with Gasteiger partial charge in [0.05, 0.1) is 20.3 Å². The van der Waals surface area contributed by atoms with E-state index in [1.807, 2.05) is 18.2 Å². The van der Waals surface area contributed by atoms with Crippen molar-refractivity contribution in [1.82, 2.24) is 5.43 Å². The molecule has 0 saturated heterocycles. The number of nitrogens with two attached hydrogens (primary N) is 1. The Balaban J connectivity index is 2.22. The van der Waals surface area contributed by atoms with Crippen LogP contribution in [0.5, 0.6) is 11.5 Å². The van der Waals surface area contributed by atoms with Gasteiger partial charge >= 0.3 is 0 Å². The summed E-state index contributed by atoms with van der Waals surface area (Å²) in [6, 6.07) is 14.3. The van der Waals surface area contributed by atoms with Gasteiger partial charge in [0.2, 0.25) is 0 Å². The maximum absolute atomic E-state index is 5.72. The van der Waals surface area contributed by atoms with Crippen LogP contribution in [0.1, 0.15) is 22.7 Å². The lowest BCUT2D eigenvalue weighted by Crippen LogP contribution is -2.29. The molecule has 1 unspecified atom stereocenters. The van der Waals surface area contributed by atoms with Crippen molar-refractivity contribution in [2.75, 3.05) is 14.2 Å². The number of benzene rings is 2. The molecule has 0 saturated carbocycles. The van der Waals surface area contributed by atoms with Crippen molar-refractivity contribution in [1.29, 1.82) is 0 Å². The van der Waals surface area contributed by atoms with E-state index in [-0.39, 0.29) is 6.04 Å². The molecule has 2 aromatic carbocycles. The van der Waals surface area contributed by atoms with Crippen molar-refractivity contribution < 1.29 is 9.47 Å². The molecule has 0 aromatic heterocycles. The largest absolute Gasteiger partial charge is 0.493 e. The molecule has 21 heavy (non-hydrogen) atoms. The van der Waals surface area contributed by atoms with Crippen LogP contribution in [-0.2, 0) is 6.42 Å². The quantitative estimate of drug-likeness (QED) is 0.633. The van der Waals surface area contributed by atoms with Crippen molar-refractivity contribution in [3.05, 3.63) is 59.2 Å². The molecule has 1 atom stereocenters. The second kappa shape index (κ2) is 7.11. The minimum atomic E-state index is 0.0208. The van der Waals surface area contributed by atoms with Crippen molar-refractivity contribution in [3.63, 3.8) is 0 Å². The van der Waals surface area contributed by atoms with Gasteiger partial charge in [-0.2, -0.15) is 0 Å². The van der Waals surface area contributed by atoms with Crippen molar-refractivity contribution in [2.45, 2.75) is 19.4 Å². The van der Waals surface area contributed by atoms with Crippen LogP contribution in [-0.4, -0.2) is 14.2 Å². The van der Waals surface area contributed by atoms with Crippen LogP contribution in [0, 0.1) is 6.92 Å². The van der Waals surface area contributed by atoms with E-state index in [0.29, 0.717) is 11.5 Å². The highest BCUT2D eigenvalue weighted by atomic mass is 16.5. The molecular formula is C17H22N2O2. The highest BCUT2D eigenvalue weighted by molar-refractivity contribution is 5.44. The minimum absolute atomic E-state index is 0.0208. The monoisotopic (exact) mass is 286 g/mol. The lowest BCUT2D eigenvalue weighted by Gasteiger charge is -2.18. The summed E-state index contributed by atoms with van der Waals surface area (Å²) < 4.78 is 10.6. The zero-order chi connectivity index (χ0) is 15.2. The van der Waals surface area contributed by atoms with Gasteiger partial charge in [0.1, 0.15) is 0 Å². The summed E-state index contributed by atoms with van der Waals surface area (Å²) in [6.45, 7) is 2.08. The Hall–Kier alpha value is -2.04. The summed E-state index contributed by atoms with van der Waals surface area (Å²) in [5.74, 6) is 7.15. The first-order valence-corrected chi connectivity index (χ1v) is 6.91. The van der Waals surface area contributed by atoms with Gasteiger partial charge in [-0.05, 0) is 36.6 Å². The predicted molar refractivity (Wildman–Crippen MR) is 84.5 cm³/mol. The van der Waals surface area contributed by atoms with Crippen LogP contribution in [0.2, 0.25) is 0 Å². The molecule has 2 aromatic rings. The second-order valence-electron chi connectivity index (χ2n) is 5.02. The van der Waals surface area contributed by atoms with Gasteiger partial charge in [0, 0.05) is 0 Å². The van der Waals surface area contributed by atoms with Gasteiger partial charge in [-0.3, -0.25) is 11.3 Å². The van der Waals surface area contributed by atoms with E-state index in [9.17, 15) is 0 Å². The van der Waals surface area contributed by atoms with Gasteiger partial charge < -0.3 is 9.47 Å². The number of aryl methyl sites for hydroxylation is 1. The van der Waals surface area contributed by atoms with Gasteiger partial charge in [-0.25, -0.2) is 0 Å². The van der Waals surface area contributed by atoms with Crippen LogP contribution in [0.15, 0.2) is 42.5 Å². The maximum atomic E-state index is 5.72. The number of nitrogens with one attached hydrogen (secondary N) is 1. The van der Waals surface area contributed by atoms with Crippen LogP contribution in [0.4, 0.5) is 0 Å². The molecule has 0 aliphatic heterocycles. The summed E-state index contributed by atoms with van der Waals surface area (Å²) in [4.78, 5) is 0. The van der Waals surface area contributed by atoms with Gasteiger partial charge in [-0.15, -0.1) is 0 Å². The number of methoxy groups -OCH3 is 2. The Kier molecular flexibility index (Phi) is 5.20. The Morgan fingerprint density at radius 2 is 1.67 bits per heavy atom. The van der Waals surface area contributed by atoms with Crippen LogP contribution < -0.4 is 20.7 Å². The molecule has 0 fully saturated rings. The predicted octanol–water partition coefficient (Wildman–Crippen LogP) is 2.76. The first-order chi connectivity index (χ1) is 10.2. The standard InChI is InChI=1S/C17H22N2O2/c1-12-4-6-13(7-5-12)10-15(19-18)14-8-9-16(20-2)17(11-14)21-3/h4-9,11,15,19H,10,18H2,1-3H3. The summed E-state index contributed by atoms with van der Waals surface area (Å²) in [7, 11) is 3.26. The van der Waals surface area contributed by atoms with Crippen LogP contribution in [0.3, 0.4) is 0 Å². The molecule has 2 rings (SSSR count). The van der Waals surface area contributed by atoms with E-state index >= 15 is 0 Å². The lowest BCUT2D eigenvalue weighted by molar-refractivity contribution is 0.353. The van der Waals surface area contributed by atoms with Gasteiger partial charge in [-0.1, -0.05) is 35.9 Å². The normalized spacial score (nSPS) is 12.0. The molecule has 4 nitrogen and oxygen atoms in total. The number of rotatable bonds is 6. The third-order valence-corrected chi connectivity index (χ3v) is 3.57. The first-order valence-electron chi connectivity index (χ1n) is 6.91. The maximum Gasteiger partial charge on any atom is 0.161 e. The van der Waals surface area contributed by atoms with E-state index in [1.165, 1.54) is 11.1 Å². The lowest BCUT2D eigenvalue weighted by atomic mass is 9.98. The zero-order valence-corrected chi connectivity index (χ0v) is 12.7. The first kappa shape index (κ1) is 15.4. The van der Waals surface area contributed by atoms with Crippen molar-refractivity contribution in [3.8, 4) is 11.5 Å². The molecule has 112 valence electrons. The van der Waals surface area contributed by atoms with Gasteiger partial charge in [0.25, 0.3) is 0 Å². The Bertz CT molecular complexity index is 582. The smallest absolute Gasteiger partial charge is 0.161 e. The van der Waals surface area contributed by atoms with E-state index < -0.39 is 0 Å². The minimum Gasteiger partial charge on any atom is -0.493 e. The molecule has 0 bridgehead atoms. The third-order valence-electron chi connectivity index (χ3n) is 3.57. The van der Waals surface area contributed by atoms with Gasteiger partial charge in [0.15, 0.2) is 11.5 Å². The molecule has 0 amide bonds. The summed E-state index contributed by atoms with van der Waals surface area (Å²) in [5.41, 5.74) is 6.43. The summed E-state index contributed by atoms with van der Waals surface area (Å²) in [6.07, 6.45) is 0.812. The fraction of sp³-hybridized carbons (Fsp3) is 0.294. The number of hydrogen-bond acceptors (Lipinski definition) is 4. The SMILES string of the molecule is COc1ccc(C(Cc2ccc(C)cc2)NN)cc1OC. The van der Waals surface area contributed by atoms with E-state index in [0.717, 1.165) is 12.0 Å². The van der Waals surface area contributed by atoms with Crippen LogP contribution >= 0.6 is 0 Å². The highest BCUT2D eigenvalue weighted by Crippen LogP contribution is 2.30. The molecule has 0 heterocycles. The fourth-order valence-corrected chi connectivity index (χ4v) is 2.30. The molecule has 0 aliphatic rings. The molecule has 3 N–H and O–H groups in total. The molecular weight excluding hydrogens is 264 g/mol. The number of hydrazine groups is 1. The van der Waals surface area contributed by atoms with E-state index in [1.54, 1.807) is 14.2 Å². The summed E-state index contributed by atoms with van der Waals surface area (Å²) >= 11 is 0. The van der Waals surface area contributed by atoms with Crippen LogP contribution in [0.25, 0.3) is 0 Å². The average Bonchev–Trinajstić information content (AvgIpc) is 2.53. The zero-order valence-electron chi connectivity index (χ0n) is 12.7.